The van der Waals surface area contributed by atoms with Crippen molar-refractivity contribution < 1.29 is 9.18 Å². The molecule has 82 valence electrons. The van der Waals surface area contributed by atoms with Gasteiger partial charge in [0.1, 0.15) is 12.4 Å². The molecule has 0 spiro atoms. The molecule has 0 atom stereocenters. The molecule has 1 aromatic heterocycles. The van der Waals surface area contributed by atoms with Crippen molar-refractivity contribution in [3.63, 3.8) is 0 Å². The largest absolute Gasteiger partial charge is 0.292 e. The summed E-state index contributed by atoms with van der Waals surface area (Å²) in [7, 11) is 0. The number of aromatic nitrogens is 2. The van der Waals surface area contributed by atoms with Crippen LogP contribution in [0, 0.1) is 12.7 Å². The summed E-state index contributed by atoms with van der Waals surface area (Å²) in [6.45, 7) is 1.90. The lowest BCUT2D eigenvalue weighted by Crippen LogP contribution is -2.12. The molecular weight excluding hydrogens is 207 g/mol. The number of nitrogens with zero attached hydrogens (tertiary/aromatic N) is 2. The Morgan fingerprint density at radius 3 is 2.75 bits per heavy atom. The molecule has 1 aromatic carbocycles. The van der Waals surface area contributed by atoms with Crippen molar-refractivity contribution >= 4 is 5.78 Å². The standard InChI is InChI=1S/C12H11FN2O/c1-9-6-7-15(14-9)8-12(16)10-4-2-3-5-11(10)13/h2-7H,8H2,1H3. The molecule has 0 saturated carbocycles. The van der Waals surface area contributed by atoms with Crippen LogP contribution >= 0.6 is 0 Å². The topological polar surface area (TPSA) is 34.9 Å². The molecule has 2 rings (SSSR count). The molecule has 0 radical (unpaired) electrons. The smallest absolute Gasteiger partial charge is 0.187 e. The van der Waals surface area contributed by atoms with Crippen molar-refractivity contribution in [2.45, 2.75) is 13.5 Å². The Morgan fingerprint density at radius 1 is 1.38 bits per heavy atom. The minimum Gasteiger partial charge on any atom is -0.292 e. The zero-order valence-electron chi connectivity index (χ0n) is 8.85. The van der Waals surface area contributed by atoms with Crippen molar-refractivity contribution in [1.82, 2.24) is 9.78 Å². The van der Waals surface area contributed by atoms with E-state index in [1.807, 2.05) is 6.92 Å². The van der Waals surface area contributed by atoms with Crippen LogP contribution in [0.1, 0.15) is 16.1 Å². The van der Waals surface area contributed by atoms with E-state index in [1.165, 1.54) is 16.8 Å². The van der Waals surface area contributed by atoms with E-state index >= 15 is 0 Å². The monoisotopic (exact) mass is 218 g/mol. The average Bonchev–Trinajstić information content (AvgIpc) is 2.64. The summed E-state index contributed by atoms with van der Waals surface area (Å²) in [5.41, 5.74) is 0.942. The lowest BCUT2D eigenvalue weighted by atomic mass is 10.1. The van der Waals surface area contributed by atoms with Gasteiger partial charge < -0.3 is 0 Å². The Bertz CT molecular complexity index is 519. The van der Waals surface area contributed by atoms with Crippen LogP contribution in [0.5, 0.6) is 0 Å². The highest BCUT2D eigenvalue weighted by molar-refractivity contribution is 5.96. The molecule has 2 aromatic rings. The molecule has 4 heteroatoms. The first-order chi connectivity index (χ1) is 7.66. The van der Waals surface area contributed by atoms with Gasteiger partial charge in [0, 0.05) is 6.20 Å². The summed E-state index contributed by atoms with van der Waals surface area (Å²) in [5.74, 6) is -0.766. The van der Waals surface area contributed by atoms with Crippen LogP contribution in [-0.2, 0) is 6.54 Å². The van der Waals surface area contributed by atoms with Crippen LogP contribution < -0.4 is 0 Å². The van der Waals surface area contributed by atoms with Crippen LogP contribution in [0.4, 0.5) is 4.39 Å². The second kappa shape index (κ2) is 4.26. The fourth-order valence-electron chi connectivity index (χ4n) is 1.47. The molecule has 3 nitrogen and oxygen atoms in total. The molecule has 16 heavy (non-hydrogen) atoms. The molecular formula is C12H11FN2O. The third-order valence-corrected chi connectivity index (χ3v) is 2.25. The van der Waals surface area contributed by atoms with Crippen LogP contribution in [0.15, 0.2) is 36.5 Å². The Balaban J connectivity index is 2.18. The highest BCUT2D eigenvalue weighted by atomic mass is 19.1. The number of halogens is 1. The molecule has 0 fully saturated rings. The van der Waals surface area contributed by atoms with Gasteiger partial charge in [0.05, 0.1) is 11.3 Å². The summed E-state index contributed by atoms with van der Waals surface area (Å²) in [4.78, 5) is 11.7. The number of rotatable bonds is 3. The first-order valence-corrected chi connectivity index (χ1v) is 4.94. The van der Waals surface area contributed by atoms with Gasteiger partial charge in [-0.3, -0.25) is 9.48 Å². The fraction of sp³-hybridized carbons (Fsp3) is 0.167. The van der Waals surface area contributed by atoms with Gasteiger partial charge in [0.15, 0.2) is 5.78 Å². The minimum atomic E-state index is -0.489. The average molecular weight is 218 g/mol. The highest BCUT2D eigenvalue weighted by Crippen LogP contribution is 2.08. The van der Waals surface area contributed by atoms with E-state index in [0.29, 0.717) is 0 Å². The molecule has 0 amide bonds. The van der Waals surface area contributed by atoms with E-state index in [0.717, 1.165) is 5.69 Å². The Hall–Kier alpha value is -1.97. The van der Waals surface area contributed by atoms with Crippen molar-refractivity contribution in [1.29, 1.82) is 0 Å². The lowest BCUT2D eigenvalue weighted by molar-refractivity contribution is 0.0963. The van der Waals surface area contributed by atoms with E-state index in [2.05, 4.69) is 5.10 Å². The van der Waals surface area contributed by atoms with E-state index < -0.39 is 5.82 Å². The SMILES string of the molecule is Cc1ccn(CC(=O)c2ccccc2F)n1. The number of hydrogen-bond acceptors (Lipinski definition) is 2. The maximum absolute atomic E-state index is 13.3. The normalized spacial score (nSPS) is 10.4. The molecule has 0 unspecified atom stereocenters. The second-order valence-corrected chi connectivity index (χ2v) is 3.56. The summed E-state index contributed by atoms with van der Waals surface area (Å²) in [6.07, 6.45) is 1.70. The van der Waals surface area contributed by atoms with Crippen molar-refractivity contribution in [2.24, 2.45) is 0 Å². The first-order valence-electron chi connectivity index (χ1n) is 4.94. The van der Waals surface area contributed by atoms with Gasteiger partial charge in [0.2, 0.25) is 0 Å². The lowest BCUT2D eigenvalue weighted by Gasteiger charge is -2.02. The molecule has 0 aliphatic rings. The summed E-state index contributed by atoms with van der Waals surface area (Å²) >= 11 is 0. The zero-order valence-corrected chi connectivity index (χ0v) is 8.85. The maximum atomic E-state index is 13.3. The predicted octanol–water partition coefficient (Wildman–Crippen LogP) is 2.21. The molecule has 0 N–H and O–H groups in total. The van der Waals surface area contributed by atoms with Gasteiger partial charge in [-0.15, -0.1) is 0 Å². The molecule has 0 aliphatic carbocycles. The third kappa shape index (κ3) is 2.16. The van der Waals surface area contributed by atoms with Crippen molar-refractivity contribution in [2.75, 3.05) is 0 Å². The molecule has 0 bridgehead atoms. The van der Waals surface area contributed by atoms with E-state index in [9.17, 15) is 9.18 Å². The Kier molecular flexibility index (Phi) is 2.81. The second-order valence-electron chi connectivity index (χ2n) is 3.56. The van der Waals surface area contributed by atoms with Gasteiger partial charge in [-0.2, -0.15) is 5.10 Å². The van der Waals surface area contributed by atoms with Crippen LogP contribution in [-0.4, -0.2) is 15.6 Å². The van der Waals surface area contributed by atoms with Crippen LogP contribution in [0.3, 0.4) is 0 Å². The first kappa shape index (κ1) is 10.5. The molecule has 0 saturated heterocycles. The number of ketones is 1. The molecule has 0 aliphatic heterocycles. The number of aryl methyl sites for hydroxylation is 1. The zero-order chi connectivity index (χ0) is 11.5. The number of hydrogen-bond donors (Lipinski definition) is 0. The fourth-order valence-corrected chi connectivity index (χ4v) is 1.47. The Morgan fingerprint density at radius 2 is 2.12 bits per heavy atom. The quantitative estimate of drug-likeness (QED) is 0.740. The van der Waals surface area contributed by atoms with Crippen LogP contribution in [0.2, 0.25) is 0 Å². The van der Waals surface area contributed by atoms with E-state index in [4.69, 9.17) is 0 Å². The summed E-state index contributed by atoms with van der Waals surface area (Å²) < 4.78 is 14.8. The number of carbonyl (C=O) groups is 1. The van der Waals surface area contributed by atoms with E-state index in [-0.39, 0.29) is 17.9 Å². The summed E-state index contributed by atoms with van der Waals surface area (Å²) in [5, 5.41) is 4.08. The number of carbonyl (C=O) groups excluding carboxylic acids is 1. The number of Topliss-reactive ketones (excluding diaryl/α,β-unsaturated/α-hetero) is 1. The van der Waals surface area contributed by atoms with Gasteiger partial charge in [-0.05, 0) is 25.1 Å². The van der Waals surface area contributed by atoms with Gasteiger partial charge in [-0.25, -0.2) is 4.39 Å². The predicted molar refractivity (Wildman–Crippen MR) is 57.7 cm³/mol. The van der Waals surface area contributed by atoms with Gasteiger partial charge >= 0.3 is 0 Å². The third-order valence-electron chi connectivity index (χ3n) is 2.25. The van der Waals surface area contributed by atoms with Crippen molar-refractivity contribution in [3.8, 4) is 0 Å². The van der Waals surface area contributed by atoms with Gasteiger partial charge in [0.25, 0.3) is 0 Å². The van der Waals surface area contributed by atoms with Crippen molar-refractivity contribution in [3.05, 3.63) is 53.6 Å². The molecule has 1 heterocycles. The maximum Gasteiger partial charge on any atom is 0.187 e. The van der Waals surface area contributed by atoms with Crippen LogP contribution in [0.25, 0.3) is 0 Å². The number of benzene rings is 1. The summed E-state index contributed by atoms with van der Waals surface area (Å²) in [6, 6.07) is 7.76. The van der Waals surface area contributed by atoms with Gasteiger partial charge in [-0.1, -0.05) is 12.1 Å². The van der Waals surface area contributed by atoms with E-state index in [1.54, 1.807) is 24.4 Å². The highest BCUT2D eigenvalue weighted by Gasteiger charge is 2.11. The Labute approximate surface area is 92.5 Å². The minimum absolute atomic E-state index is 0.0643.